The monoisotopic (exact) mass is 288 g/mol. The molecule has 0 aliphatic rings. The van der Waals surface area contributed by atoms with E-state index in [-0.39, 0.29) is 11.4 Å². The van der Waals surface area contributed by atoms with E-state index in [9.17, 15) is 9.18 Å². The Bertz CT molecular complexity index is 617. The summed E-state index contributed by atoms with van der Waals surface area (Å²) in [6.07, 6.45) is 1.72. The number of aromatic nitrogens is 1. The molecule has 0 aliphatic heterocycles. The second kappa shape index (κ2) is 6.95. The number of carboxylic acids is 1. The second-order valence-corrected chi connectivity index (χ2v) is 4.74. The predicted octanol–water partition coefficient (Wildman–Crippen LogP) is 2.94. The normalized spacial score (nSPS) is 10.8. The smallest absolute Gasteiger partial charge is 0.335 e. The zero-order chi connectivity index (χ0) is 15.2. The zero-order valence-corrected chi connectivity index (χ0v) is 11.8. The number of hydrogen-bond donors (Lipinski definition) is 1. The molecule has 0 amide bonds. The largest absolute Gasteiger partial charge is 0.478 e. The predicted molar refractivity (Wildman–Crippen MR) is 77.4 cm³/mol. The van der Waals surface area contributed by atoms with Gasteiger partial charge in [0.15, 0.2) is 0 Å². The van der Waals surface area contributed by atoms with Crippen LogP contribution in [-0.2, 0) is 13.1 Å². The highest BCUT2D eigenvalue weighted by molar-refractivity contribution is 5.87. The summed E-state index contributed by atoms with van der Waals surface area (Å²) in [6, 6.07) is 9.52. The third-order valence-electron chi connectivity index (χ3n) is 3.25. The number of carboxylic acid groups (broad SMARTS) is 1. The molecule has 0 spiro atoms. The van der Waals surface area contributed by atoms with Crippen LogP contribution in [0.4, 0.5) is 4.39 Å². The van der Waals surface area contributed by atoms with Crippen LogP contribution in [0.25, 0.3) is 0 Å². The van der Waals surface area contributed by atoms with Crippen molar-refractivity contribution in [2.24, 2.45) is 0 Å². The van der Waals surface area contributed by atoms with Gasteiger partial charge in [0.2, 0.25) is 0 Å². The van der Waals surface area contributed by atoms with Gasteiger partial charge in [0, 0.05) is 24.8 Å². The van der Waals surface area contributed by atoms with E-state index in [4.69, 9.17) is 5.11 Å². The Morgan fingerprint density at radius 2 is 2.10 bits per heavy atom. The molecule has 0 fully saturated rings. The SMILES string of the molecule is CCN(Cc1ccccn1)Cc1cc(C(=O)O)ccc1F. The Balaban J connectivity index is 2.14. The molecule has 0 saturated carbocycles. The fourth-order valence-electron chi connectivity index (χ4n) is 2.07. The van der Waals surface area contributed by atoms with Gasteiger partial charge in [-0.1, -0.05) is 13.0 Å². The van der Waals surface area contributed by atoms with Crippen LogP contribution < -0.4 is 0 Å². The molecule has 21 heavy (non-hydrogen) atoms. The number of benzene rings is 1. The van der Waals surface area contributed by atoms with E-state index < -0.39 is 5.97 Å². The van der Waals surface area contributed by atoms with Crippen molar-refractivity contribution >= 4 is 5.97 Å². The molecule has 2 rings (SSSR count). The third-order valence-corrected chi connectivity index (χ3v) is 3.25. The van der Waals surface area contributed by atoms with Gasteiger partial charge >= 0.3 is 5.97 Å². The Hall–Kier alpha value is -2.27. The van der Waals surface area contributed by atoms with Crippen molar-refractivity contribution in [3.63, 3.8) is 0 Å². The van der Waals surface area contributed by atoms with Gasteiger partial charge in [-0.25, -0.2) is 9.18 Å². The van der Waals surface area contributed by atoms with E-state index in [1.165, 1.54) is 18.2 Å². The molecule has 5 heteroatoms. The van der Waals surface area contributed by atoms with Gasteiger partial charge in [0.25, 0.3) is 0 Å². The lowest BCUT2D eigenvalue weighted by Gasteiger charge is -2.20. The summed E-state index contributed by atoms with van der Waals surface area (Å²) in [5, 5.41) is 8.98. The molecule has 1 aromatic heterocycles. The average molecular weight is 288 g/mol. The number of hydrogen-bond acceptors (Lipinski definition) is 3. The molecular formula is C16H17FN2O2. The highest BCUT2D eigenvalue weighted by Crippen LogP contribution is 2.14. The van der Waals surface area contributed by atoms with Crippen molar-refractivity contribution in [3.8, 4) is 0 Å². The van der Waals surface area contributed by atoms with Crippen molar-refractivity contribution in [2.75, 3.05) is 6.54 Å². The standard InChI is InChI=1S/C16H17FN2O2/c1-2-19(11-14-5-3-4-8-18-14)10-13-9-12(16(20)21)6-7-15(13)17/h3-9H,2,10-11H2,1H3,(H,20,21). The molecule has 4 nitrogen and oxygen atoms in total. The number of pyridine rings is 1. The van der Waals surface area contributed by atoms with Crippen molar-refractivity contribution in [1.29, 1.82) is 0 Å². The lowest BCUT2D eigenvalue weighted by atomic mass is 10.1. The molecule has 0 atom stereocenters. The van der Waals surface area contributed by atoms with Gasteiger partial charge in [-0.3, -0.25) is 9.88 Å². The first-order chi connectivity index (χ1) is 10.1. The van der Waals surface area contributed by atoms with Crippen LogP contribution in [0, 0.1) is 5.82 Å². The summed E-state index contributed by atoms with van der Waals surface area (Å²) in [7, 11) is 0. The molecule has 0 aliphatic carbocycles. The van der Waals surface area contributed by atoms with Crippen LogP contribution in [-0.4, -0.2) is 27.5 Å². The summed E-state index contributed by atoms with van der Waals surface area (Å²) in [5.41, 5.74) is 1.38. The summed E-state index contributed by atoms with van der Waals surface area (Å²) < 4.78 is 13.8. The minimum atomic E-state index is -1.05. The Morgan fingerprint density at radius 3 is 2.71 bits per heavy atom. The van der Waals surface area contributed by atoms with Gasteiger partial charge in [-0.2, -0.15) is 0 Å². The van der Waals surface area contributed by atoms with Crippen molar-refractivity contribution < 1.29 is 14.3 Å². The number of rotatable bonds is 6. The van der Waals surface area contributed by atoms with Gasteiger partial charge < -0.3 is 5.11 Å². The lowest BCUT2D eigenvalue weighted by molar-refractivity contribution is 0.0696. The molecule has 1 aromatic carbocycles. The molecule has 110 valence electrons. The van der Waals surface area contributed by atoms with Crippen molar-refractivity contribution in [2.45, 2.75) is 20.0 Å². The summed E-state index contributed by atoms with van der Waals surface area (Å²) in [6.45, 7) is 3.63. The van der Waals surface area contributed by atoms with Gasteiger partial charge in [-0.15, -0.1) is 0 Å². The Labute approximate surface area is 122 Å². The maximum absolute atomic E-state index is 13.8. The quantitative estimate of drug-likeness (QED) is 0.888. The highest BCUT2D eigenvalue weighted by atomic mass is 19.1. The average Bonchev–Trinajstić information content (AvgIpc) is 2.49. The molecular weight excluding hydrogens is 271 g/mol. The number of carbonyl (C=O) groups is 1. The van der Waals surface area contributed by atoms with Crippen molar-refractivity contribution in [3.05, 3.63) is 65.2 Å². The lowest BCUT2D eigenvalue weighted by Crippen LogP contribution is -2.23. The van der Waals surface area contributed by atoms with Crippen molar-refractivity contribution in [1.82, 2.24) is 9.88 Å². The second-order valence-electron chi connectivity index (χ2n) is 4.74. The first-order valence-corrected chi connectivity index (χ1v) is 6.74. The van der Waals surface area contributed by atoms with E-state index in [0.717, 1.165) is 5.69 Å². The van der Waals surface area contributed by atoms with E-state index in [1.54, 1.807) is 6.20 Å². The van der Waals surface area contributed by atoms with E-state index in [0.29, 0.717) is 25.2 Å². The van der Waals surface area contributed by atoms with E-state index in [1.807, 2.05) is 30.0 Å². The maximum atomic E-state index is 13.8. The minimum Gasteiger partial charge on any atom is -0.478 e. The van der Waals surface area contributed by atoms with Gasteiger partial charge in [-0.05, 0) is 36.9 Å². The minimum absolute atomic E-state index is 0.0975. The summed E-state index contributed by atoms with van der Waals surface area (Å²) >= 11 is 0. The van der Waals surface area contributed by atoms with Gasteiger partial charge in [0.1, 0.15) is 5.82 Å². The fourth-order valence-corrected chi connectivity index (χ4v) is 2.07. The maximum Gasteiger partial charge on any atom is 0.335 e. The van der Waals surface area contributed by atoms with Crippen LogP contribution in [0.15, 0.2) is 42.6 Å². The molecule has 2 aromatic rings. The molecule has 1 N–H and O–H groups in total. The molecule has 0 bridgehead atoms. The first-order valence-electron chi connectivity index (χ1n) is 6.74. The van der Waals surface area contributed by atoms with Crippen LogP contribution in [0.3, 0.4) is 0 Å². The van der Waals surface area contributed by atoms with Crippen LogP contribution in [0.5, 0.6) is 0 Å². The van der Waals surface area contributed by atoms with Gasteiger partial charge in [0.05, 0.1) is 11.3 Å². The summed E-state index contributed by atoms with van der Waals surface area (Å²) in [4.78, 5) is 17.2. The van der Waals surface area contributed by atoms with Crippen LogP contribution in [0.2, 0.25) is 0 Å². The van der Waals surface area contributed by atoms with E-state index >= 15 is 0 Å². The molecule has 0 saturated heterocycles. The Kier molecular flexibility index (Phi) is 5.00. The number of aromatic carboxylic acids is 1. The Morgan fingerprint density at radius 1 is 1.29 bits per heavy atom. The fraction of sp³-hybridized carbons (Fsp3) is 0.250. The topological polar surface area (TPSA) is 53.4 Å². The number of nitrogens with zero attached hydrogens (tertiary/aromatic N) is 2. The van der Waals surface area contributed by atoms with Crippen LogP contribution in [0.1, 0.15) is 28.5 Å². The number of halogens is 1. The molecule has 0 radical (unpaired) electrons. The van der Waals surface area contributed by atoms with E-state index in [2.05, 4.69) is 4.98 Å². The highest BCUT2D eigenvalue weighted by Gasteiger charge is 2.12. The van der Waals surface area contributed by atoms with Crippen LogP contribution >= 0.6 is 0 Å². The summed E-state index contributed by atoms with van der Waals surface area (Å²) in [5.74, 6) is -1.44. The first kappa shape index (κ1) is 15.1. The zero-order valence-electron chi connectivity index (χ0n) is 11.8. The molecule has 0 unspecified atom stereocenters. The molecule has 1 heterocycles. The third kappa shape index (κ3) is 4.10.